The Morgan fingerprint density at radius 3 is 2.67 bits per heavy atom. The number of aryl methyl sites for hydroxylation is 2. The van der Waals surface area contributed by atoms with Crippen LogP contribution in [0.25, 0.3) is 11.1 Å². The van der Waals surface area contributed by atoms with Crippen molar-refractivity contribution in [3.05, 3.63) is 65.0 Å². The molecule has 0 radical (unpaired) electrons. The molecule has 2 aromatic heterocycles. The zero-order valence-electron chi connectivity index (χ0n) is 18.1. The molecule has 1 fully saturated rings. The Balaban J connectivity index is 1.58. The number of halogens is 1. The molecule has 4 rings (SSSR count). The lowest BCUT2D eigenvalue weighted by atomic mass is 9.98. The molecule has 3 aromatic rings. The van der Waals surface area contributed by atoms with Crippen LogP contribution in [0.5, 0.6) is 5.75 Å². The number of hydrogen-bond donors (Lipinski definition) is 1. The number of ether oxygens (including phenoxy) is 1. The first-order chi connectivity index (χ1) is 14.4. The second kappa shape index (κ2) is 8.56. The maximum Gasteiger partial charge on any atom is 0.142 e. The van der Waals surface area contributed by atoms with Crippen molar-refractivity contribution in [1.29, 1.82) is 0 Å². The van der Waals surface area contributed by atoms with Gasteiger partial charge in [-0.05, 0) is 76.9 Å². The quantitative estimate of drug-likeness (QED) is 0.640. The molecule has 0 saturated carbocycles. The zero-order valence-corrected chi connectivity index (χ0v) is 18.1. The minimum Gasteiger partial charge on any atom is -0.484 e. The summed E-state index contributed by atoms with van der Waals surface area (Å²) in [6.07, 6.45) is 7.74. The van der Waals surface area contributed by atoms with E-state index in [1.54, 1.807) is 13.0 Å². The van der Waals surface area contributed by atoms with Gasteiger partial charge in [-0.1, -0.05) is 6.07 Å². The van der Waals surface area contributed by atoms with Crippen LogP contribution in [-0.2, 0) is 0 Å². The van der Waals surface area contributed by atoms with Crippen LogP contribution >= 0.6 is 0 Å². The van der Waals surface area contributed by atoms with Crippen LogP contribution in [0.2, 0.25) is 0 Å². The van der Waals surface area contributed by atoms with Gasteiger partial charge in [-0.15, -0.1) is 0 Å². The molecule has 3 heterocycles. The molecular formula is C24H29FN4O. The number of hydrogen-bond acceptors (Lipinski definition) is 4. The Morgan fingerprint density at radius 2 is 1.90 bits per heavy atom. The van der Waals surface area contributed by atoms with Gasteiger partial charge in [0.15, 0.2) is 0 Å². The summed E-state index contributed by atoms with van der Waals surface area (Å²) in [4.78, 5) is 4.54. The van der Waals surface area contributed by atoms with E-state index in [1.807, 2.05) is 39.2 Å². The molecule has 0 aliphatic carbocycles. The highest BCUT2D eigenvalue weighted by atomic mass is 19.1. The van der Waals surface area contributed by atoms with Crippen LogP contribution in [0, 0.1) is 26.6 Å². The fourth-order valence-electron chi connectivity index (χ4n) is 4.26. The highest BCUT2D eigenvalue weighted by molar-refractivity contribution is 5.63. The van der Waals surface area contributed by atoms with Gasteiger partial charge in [0.25, 0.3) is 0 Å². The third-order valence-electron chi connectivity index (χ3n) is 6.04. The van der Waals surface area contributed by atoms with Crippen molar-refractivity contribution >= 4 is 0 Å². The summed E-state index contributed by atoms with van der Waals surface area (Å²) in [7, 11) is 0. The van der Waals surface area contributed by atoms with Crippen LogP contribution in [0.15, 0.2) is 36.8 Å². The van der Waals surface area contributed by atoms with Gasteiger partial charge in [0.05, 0.1) is 17.9 Å². The fourth-order valence-corrected chi connectivity index (χ4v) is 4.26. The van der Waals surface area contributed by atoms with Gasteiger partial charge in [0, 0.05) is 29.1 Å². The second-order valence-electron chi connectivity index (χ2n) is 8.16. The Kier molecular flexibility index (Phi) is 5.86. The van der Waals surface area contributed by atoms with E-state index in [2.05, 4.69) is 26.3 Å². The Hall–Kier alpha value is -2.73. The average Bonchev–Trinajstić information content (AvgIpc) is 3.24. The monoisotopic (exact) mass is 408 g/mol. The first kappa shape index (κ1) is 20.5. The average molecular weight is 409 g/mol. The summed E-state index contributed by atoms with van der Waals surface area (Å²) in [6, 6.07) is 5.75. The largest absolute Gasteiger partial charge is 0.484 e. The van der Waals surface area contributed by atoms with Gasteiger partial charge in [0.2, 0.25) is 0 Å². The number of piperidine rings is 1. The lowest BCUT2D eigenvalue weighted by Crippen LogP contribution is -2.29. The number of rotatable bonds is 5. The van der Waals surface area contributed by atoms with Crippen molar-refractivity contribution in [2.24, 2.45) is 0 Å². The molecule has 1 aromatic carbocycles. The van der Waals surface area contributed by atoms with Crippen molar-refractivity contribution < 1.29 is 9.13 Å². The topological polar surface area (TPSA) is 52.0 Å². The number of nitrogens with one attached hydrogen (secondary N) is 1. The molecule has 0 bridgehead atoms. The number of pyridine rings is 1. The van der Waals surface area contributed by atoms with Crippen molar-refractivity contribution in [2.45, 2.75) is 52.7 Å². The molecule has 0 amide bonds. The lowest BCUT2D eigenvalue weighted by molar-refractivity contribution is 0.222. The number of benzene rings is 1. The molecule has 1 aliphatic rings. The van der Waals surface area contributed by atoms with Gasteiger partial charge in [0.1, 0.15) is 17.7 Å². The minimum atomic E-state index is -0.283. The maximum atomic E-state index is 14.1. The Labute approximate surface area is 177 Å². The van der Waals surface area contributed by atoms with Gasteiger partial charge in [-0.25, -0.2) is 4.39 Å². The summed E-state index contributed by atoms with van der Waals surface area (Å²) in [6.45, 7) is 9.72. The summed E-state index contributed by atoms with van der Waals surface area (Å²) in [5.74, 6) is 0.498. The lowest BCUT2D eigenvalue weighted by Gasteiger charge is -2.22. The molecule has 1 unspecified atom stereocenters. The van der Waals surface area contributed by atoms with Crippen molar-refractivity contribution in [3.8, 4) is 16.9 Å². The zero-order chi connectivity index (χ0) is 21.3. The first-order valence-electron chi connectivity index (χ1n) is 10.6. The molecular weight excluding hydrogens is 379 g/mol. The first-order valence-corrected chi connectivity index (χ1v) is 10.6. The number of aromatic nitrogens is 3. The molecule has 158 valence electrons. The van der Waals surface area contributed by atoms with Gasteiger partial charge in [-0.2, -0.15) is 5.10 Å². The smallest absolute Gasteiger partial charge is 0.142 e. The summed E-state index contributed by atoms with van der Waals surface area (Å²) < 4.78 is 22.4. The van der Waals surface area contributed by atoms with E-state index >= 15 is 0 Å². The molecule has 5 nitrogen and oxygen atoms in total. The summed E-state index contributed by atoms with van der Waals surface area (Å²) in [5, 5.41) is 7.98. The fraction of sp³-hybridized carbons (Fsp3) is 0.417. The normalized spacial score (nSPS) is 15.9. The SMILES string of the molecule is Cc1ccc(F)c(C)c1C(C)Oc1cc(-c2cnn(C3CCNCC3)c2)cnc1C. The molecule has 6 heteroatoms. The molecule has 1 atom stereocenters. The second-order valence-corrected chi connectivity index (χ2v) is 8.16. The minimum absolute atomic E-state index is 0.208. The van der Waals surface area contributed by atoms with Crippen molar-refractivity contribution in [3.63, 3.8) is 0 Å². The van der Waals surface area contributed by atoms with Crippen LogP contribution in [0.4, 0.5) is 4.39 Å². The predicted octanol–water partition coefficient (Wildman–Crippen LogP) is 5.07. The summed E-state index contributed by atoms with van der Waals surface area (Å²) in [5.41, 5.74) is 5.34. The van der Waals surface area contributed by atoms with Crippen LogP contribution in [0.3, 0.4) is 0 Å². The Bertz CT molecular complexity index is 1040. The molecule has 1 N–H and O–H groups in total. The van der Waals surface area contributed by atoms with Crippen molar-refractivity contribution in [2.75, 3.05) is 13.1 Å². The van der Waals surface area contributed by atoms with Crippen LogP contribution < -0.4 is 10.1 Å². The van der Waals surface area contributed by atoms with E-state index < -0.39 is 0 Å². The van der Waals surface area contributed by atoms with E-state index in [9.17, 15) is 4.39 Å². The molecule has 30 heavy (non-hydrogen) atoms. The summed E-state index contributed by atoms with van der Waals surface area (Å²) >= 11 is 0. The van der Waals surface area contributed by atoms with Gasteiger partial charge >= 0.3 is 0 Å². The maximum absolute atomic E-state index is 14.1. The molecule has 1 aliphatic heterocycles. The third-order valence-corrected chi connectivity index (χ3v) is 6.04. The highest BCUT2D eigenvalue weighted by Gasteiger charge is 2.19. The number of nitrogens with zero attached hydrogens (tertiary/aromatic N) is 3. The van der Waals surface area contributed by atoms with Crippen molar-refractivity contribution in [1.82, 2.24) is 20.1 Å². The van der Waals surface area contributed by atoms with E-state index in [-0.39, 0.29) is 11.9 Å². The van der Waals surface area contributed by atoms with E-state index in [0.717, 1.165) is 53.9 Å². The van der Waals surface area contributed by atoms with E-state index in [0.29, 0.717) is 17.4 Å². The third kappa shape index (κ3) is 4.10. The van der Waals surface area contributed by atoms with Gasteiger partial charge in [-0.3, -0.25) is 9.67 Å². The van der Waals surface area contributed by atoms with E-state index in [1.165, 1.54) is 6.07 Å². The van der Waals surface area contributed by atoms with Crippen LogP contribution in [-0.4, -0.2) is 27.9 Å². The predicted molar refractivity (Wildman–Crippen MR) is 116 cm³/mol. The molecule has 1 saturated heterocycles. The van der Waals surface area contributed by atoms with E-state index in [4.69, 9.17) is 4.74 Å². The standard InChI is InChI=1S/C24H29FN4O/c1-15-5-6-22(25)16(2)24(15)18(4)30-23-11-19(12-27-17(23)3)20-13-28-29(14-20)21-7-9-26-10-8-21/h5-6,11-14,18,21,26H,7-10H2,1-4H3. The molecule has 0 spiro atoms. The Morgan fingerprint density at radius 1 is 1.13 bits per heavy atom. The van der Waals surface area contributed by atoms with Crippen LogP contribution in [0.1, 0.15) is 54.3 Å². The highest BCUT2D eigenvalue weighted by Crippen LogP contribution is 2.32. The van der Waals surface area contributed by atoms with Gasteiger partial charge < -0.3 is 10.1 Å².